The molecule has 1 aliphatic rings. The van der Waals surface area contributed by atoms with Crippen molar-refractivity contribution in [2.75, 3.05) is 5.32 Å². The largest absolute Gasteiger partial charge is 0.480 e. The van der Waals surface area contributed by atoms with E-state index >= 15 is 0 Å². The molecule has 7 heteroatoms. The topological polar surface area (TPSA) is 105 Å². The predicted octanol–water partition coefficient (Wildman–Crippen LogP) is 3.30. The molecule has 0 aromatic heterocycles. The molecule has 27 heavy (non-hydrogen) atoms. The van der Waals surface area contributed by atoms with Gasteiger partial charge < -0.3 is 20.8 Å². The van der Waals surface area contributed by atoms with E-state index in [1.165, 1.54) is 0 Å². The normalized spacial score (nSPS) is 20.9. The molecular formula is C20H30ClN3O3. The highest BCUT2D eigenvalue weighted by Gasteiger charge is 2.27. The third kappa shape index (κ3) is 7.37. The second kappa shape index (κ2) is 11.8. The maximum atomic E-state index is 11.6. The number of carboxylic acid groups (broad SMARTS) is 1. The third-order valence-electron chi connectivity index (χ3n) is 5.02. The fourth-order valence-corrected chi connectivity index (χ4v) is 3.56. The molecule has 0 amide bonds. The molecule has 0 radical (unpaired) electrons. The van der Waals surface area contributed by atoms with Gasteiger partial charge in [0.05, 0.1) is 17.7 Å². The van der Waals surface area contributed by atoms with E-state index < -0.39 is 12.0 Å². The van der Waals surface area contributed by atoms with Crippen LogP contribution in [0.15, 0.2) is 24.3 Å². The van der Waals surface area contributed by atoms with Crippen LogP contribution in [-0.2, 0) is 4.79 Å². The molecule has 6 nitrogen and oxygen atoms in total. The molecule has 1 aromatic rings. The van der Waals surface area contributed by atoms with Gasteiger partial charge >= 0.3 is 5.97 Å². The highest BCUT2D eigenvalue weighted by molar-refractivity contribution is 5.85. The number of rotatable bonds is 10. The van der Waals surface area contributed by atoms with E-state index in [4.69, 9.17) is 5.26 Å². The van der Waals surface area contributed by atoms with Gasteiger partial charge in [-0.15, -0.1) is 12.4 Å². The molecule has 0 saturated heterocycles. The second-order valence-corrected chi connectivity index (χ2v) is 7.06. The minimum absolute atomic E-state index is 0. The van der Waals surface area contributed by atoms with E-state index in [-0.39, 0.29) is 30.6 Å². The molecule has 0 spiro atoms. The van der Waals surface area contributed by atoms with Crippen LogP contribution >= 0.6 is 12.4 Å². The molecule has 0 heterocycles. The summed E-state index contributed by atoms with van der Waals surface area (Å²) in [6.07, 6.45) is 5.78. The Labute approximate surface area is 167 Å². The Kier molecular flexibility index (Phi) is 10.2. The number of benzene rings is 1. The maximum Gasteiger partial charge on any atom is 0.326 e. The number of aliphatic hydroxyl groups excluding tert-OH is 1. The van der Waals surface area contributed by atoms with Crippen LogP contribution in [0.5, 0.6) is 0 Å². The monoisotopic (exact) mass is 395 g/mol. The summed E-state index contributed by atoms with van der Waals surface area (Å²) in [7, 11) is 0. The standard InChI is InChI=1S/C20H29N3O3.ClH/c1-2-4-15(22-17-5-3-6-19(17)24)11-12-18(20(25)26)23-16-9-7-14(13-21)8-10-16;/h7-10,15,17-19,22-24H,2-6,11-12H2,1H3,(H,25,26);1H. The van der Waals surface area contributed by atoms with Crippen LogP contribution in [-0.4, -0.2) is 40.4 Å². The molecular weight excluding hydrogens is 366 g/mol. The van der Waals surface area contributed by atoms with Crippen molar-refractivity contribution in [1.29, 1.82) is 5.26 Å². The smallest absolute Gasteiger partial charge is 0.326 e. The van der Waals surface area contributed by atoms with Crippen LogP contribution in [0.1, 0.15) is 57.4 Å². The van der Waals surface area contributed by atoms with Gasteiger partial charge in [0.25, 0.3) is 0 Å². The van der Waals surface area contributed by atoms with E-state index in [0.29, 0.717) is 17.7 Å². The van der Waals surface area contributed by atoms with Crippen LogP contribution in [0.25, 0.3) is 0 Å². The molecule has 0 aliphatic heterocycles. The zero-order valence-corrected chi connectivity index (χ0v) is 16.5. The van der Waals surface area contributed by atoms with Crippen molar-refractivity contribution < 1.29 is 15.0 Å². The first-order valence-corrected chi connectivity index (χ1v) is 9.47. The quantitative estimate of drug-likeness (QED) is 0.484. The molecule has 4 unspecified atom stereocenters. The number of carboxylic acids is 1. The van der Waals surface area contributed by atoms with Gasteiger partial charge in [0.2, 0.25) is 0 Å². The van der Waals surface area contributed by atoms with Crippen LogP contribution < -0.4 is 10.6 Å². The number of carbonyl (C=O) groups is 1. The van der Waals surface area contributed by atoms with Crippen molar-refractivity contribution in [2.45, 2.75) is 76.1 Å². The lowest BCUT2D eigenvalue weighted by molar-refractivity contribution is -0.138. The average molecular weight is 396 g/mol. The number of hydrogen-bond donors (Lipinski definition) is 4. The lowest BCUT2D eigenvalue weighted by Crippen LogP contribution is -2.43. The minimum Gasteiger partial charge on any atom is -0.480 e. The lowest BCUT2D eigenvalue weighted by atomic mass is 10.0. The molecule has 2 rings (SSSR count). The number of nitriles is 1. The van der Waals surface area contributed by atoms with Crippen LogP contribution in [0.3, 0.4) is 0 Å². The van der Waals surface area contributed by atoms with Crippen LogP contribution in [0.4, 0.5) is 5.69 Å². The van der Waals surface area contributed by atoms with E-state index in [0.717, 1.165) is 38.5 Å². The molecule has 1 saturated carbocycles. The number of nitrogens with zero attached hydrogens (tertiary/aromatic N) is 1. The number of hydrogen-bond acceptors (Lipinski definition) is 5. The first kappa shape index (κ1) is 23.2. The first-order valence-electron chi connectivity index (χ1n) is 9.47. The van der Waals surface area contributed by atoms with Gasteiger partial charge in [-0.2, -0.15) is 5.26 Å². The number of anilines is 1. The minimum atomic E-state index is -0.884. The Bertz CT molecular complexity index is 618. The van der Waals surface area contributed by atoms with Crippen molar-refractivity contribution >= 4 is 24.1 Å². The Balaban J connectivity index is 0.00000364. The van der Waals surface area contributed by atoms with Gasteiger partial charge in [-0.3, -0.25) is 0 Å². The molecule has 1 aliphatic carbocycles. The third-order valence-corrected chi connectivity index (χ3v) is 5.02. The highest BCUT2D eigenvalue weighted by atomic mass is 35.5. The van der Waals surface area contributed by atoms with E-state index in [2.05, 4.69) is 17.6 Å². The summed E-state index contributed by atoms with van der Waals surface area (Å²) in [5.74, 6) is -0.884. The fourth-order valence-electron chi connectivity index (χ4n) is 3.56. The Morgan fingerprint density at radius 2 is 1.96 bits per heavy atom. The summed E-state index contributed by atoms with van der Waals surface area (Å²) in [5, 5.41) is 35.0. The van der Waals surface area contributed by atoms with Crippen molar-refractivity contribution in [3.05, 3.63) is 29.8 Å². The fraction of sp³-hybridized carbons (Fsp3) is 0.600. The van der Waals surface area contributed by atoms with Crippen LogP contribution in [0, 0.1) is 11.3 Å². The summed E-state index contributed by atoms with van der Waals surface area (Å²) in [6.45, 7) is 2.11. The van der Waals surface area contributed by atoms with Crippen molar-refractivity contribution in [3.8, 4) is 6.07 Å². The van der Waals surface area contributed by atoms with Crippen molar-refractivity contribution in [2.24, 2.45) is 0 Å². The molecule has 1 fully saturated rings. The van der Waals surface area contributed by atoms with Crippen LogP contribution in [0.2, 0.25) is 0 Å². The van der Waals surface area contributed by atoms with Crippen molar-refractivity contribution in [3.63, 3.8) is 0 Å². The highest BCUT2D eigenvalue weighted by Crippen LogP contribution is 2.21. The molecule has 1 aromatic carbocycles. The van der Waals surface area contributed by atoms with Gasteiger partial charge in [0.15, 0.2) is 0 Å². The van der Waals surface area contributed by atoms with Gasteiger partial charge in [-0.25, -0.2) is 4.79 Å². The Morgan fingerprint density at radius 3 is 2.48 bits per heavy atom. The summed E-state index contributed by atoms with van der Waals surface area (Å²) in [6, 6.07) is 8.50. The Morgan fingerprint density at radius 1 is 1.26 bits per heavy atom. The number of aliphatic hydroxyl groups is 1. The lowest BCUT2D eigenvalue weighted by Gasteiger charge is -2.26. The Hall–Kier alpha value is -1.81. The second-order valence-electron chi connectivity index (χ2n) is 7.06. The molecule has 4 N–H and O–H groups in total. The summed E-state index contributed by atoms with van der Waals surface area (Å²) in [5.41, 5.74) is 1.24. The van der Waals surface area contributed by atoms with E-state index in [1.54, 1.807) is 24.3 Å². The first-order chi connectivity index (χ1) is 12.5. The van der Waals surface area contributed by atoms with E-state index in [1.807, 2.05) is 6.07 Å². The predicted molar refractivity (Wildman–Crippen MR) is 108 cm³/mol. The summed E-state index contributed by atoms with van der Waals surface area (Å²) < 4.78 is 0. The number of halogens is 1. The van der Waals surface area contributed by atoms with Crippen molar-refractivity contribution in [1.82, 2.24) is 5.32 Å². The van der Waals surface area contributed by atoms with Gasteiger partial charge in [0, 0.05) is 17.8 Å². The molecule has 150 valence electrons. The number of aliphatic carboxylic acids is 1. The maximum absolute atomic E-state index is 11.6. The van der Waals surface area contributed by atoms with Gasteiger partial charge in [-0.1, -0.05) is 13.3 Å². The zero-order valence-electron chi connectivity index (χ0n) is 15.7. The molecule has 4 atom stereocenters. The van der Waals surface area contributed by atoms with E-state index in [9.17, 15) is 15.0 Å². The molecule has 0 bridgehead atoms. The number of nitrogens with one attached hydrogen (secondary N) is 2. The summed E-state index contributed by atoms with van der Waals surface area (Å²) in [4.78, 5) is 11.6. The average Bonchev–Trinajstić information content (AvgIpc) is 3.03. The van der Waals surface area contributed by atoms with Gasteiger partial charge in [-0.05, 0) is 62.8 Å². The van der Waals surface area contributed by atoms with Gasteiger partial charge in [0.1, 0.15) is 6.04 Å². The SMILES string of the molecule is CCCC(CCC(Nc1ccc(C#N)cc1)C(=O)O)NC1CCCC1O.Cl. The summed E-state index contributed by atoms with van der Waals surface area (Å²) >= 11 is 0. The zero-order chi connectivity index (χ0) is 18.9.